The first-order valence-electron chi connectivity index (χ1n) is 7.80. The number of H-pyrrole nitrogens is 1. The van der Waals surface area contributed by atoms with E-state index in [1.165, 1.54) is 0 Å². The van der Waals surface area contributed by atoms with Gasteiger partial charge in [0, 0.05) is 44.9 Å². The average molecular weight is 312 g/mol. The summed E-state index contributed by atoms with van der Waals surface area (Å²) in [5, 5.41) is 2.89. The summed E-state index contributed by atoms with van der Waals surface area (Å²) in [4.78, 5) is 33.1. The Bertz CT molecular complexity index is 654. The molecule has 0 spiro atoms. The van der Waals surface area contributed by atoms with Crippen molar-refractivity contribution in [2.45, 2.75) is 19.4 Å². The Morgan fingerprint density at radius 1 is 1.35 bits per heavy atom. The quantitative estimate of drug-likeness (QED) is 0.839. The highest BCUT2D eigenvalue weighted by molar-refractivity contribution is 5.89. The van der Waals surface area contributed by atoms with Gasteiger partial charge >= 0.3 is 0 Å². The fourth-order valence-corrected chi connectivity index (χ4v) is 2.79. The maximum Gasteiger partial charge on any atom is 0.225 e. The van der Waals surface area contributed by atoms with E-state index in [2.05, 4.69) is 15.3 Å². The Hall–Kier alpha value is -2.63. The van der Waals surface area contributed by atoms with Crippen LogP contribution in [0.25, 0.3) is 0 Å². The zero-order valence-electron chi connectivity index (χ0n) is 12.9. The van der Waals surface area contributed by atoms with Gasteiger partial charge < -0.3 is 15.2 Å². The molecule has 1 aliphatic rings. The van der Waals surface area contributed by atoms with E-state index in [-0.39, 0.29) is 17.7 Å². The molecule has 1 atom stereocenters. The van der Waals surface area contributed by atoms with Crippen molar-refractivity contribution >= 4 is 11.8 Å². The van der Waals surface area contributed by atoms with Crippen LogP contribution in [-0.2, 0) is 22.6 Å². The highest BCUT2D eigenvalue weighted by Crippen LogP contribution is 2.20. The monoisotopic (exact) mass is 312 g/mol. The van der Waals surface area contributed by atoms with Crippen LogP contribution in [0.2, 0.25) is 0 Å². The Morgan fingerprint density at radius 2 is 2.17 bits per heavy atom. The van der Waals surface area contributed by atoms with Gasteiger partial charge in [-0.1, -0.05) is 30.3 Å². The molecule has 3 rings (SSSR count). The van der Waals surface area contributed by atoms with Crippen LogP contribution < -0.4 is 5.32 Å². The molecular weight excluding hydrogens is 292 g/mol. The SMILES string of the molecule is O=C(NCCc1ncc[nH]1)C1CC(=O)N(Cc2ccccc2)C1. The Balaban J connectivity index is 1.47. The Kier molecular flexibility index (Phi) is 4.71. The Labute approximate surface area is 134 Å². The fourth-order valence-electron chi connectivity index (χ4n) is 2.79. The number of likely N-dealkylation sites (tertiary alicyclic amines) is 1. The van der Waals surface area contributed by atoms with Gasteiger partial charge in [0.05, 0.1) is 5.92 Å². The van der Waals surface area contributed by atoms with Crippen LogP contribution in [0.4, 0.5) is 0 Å². The maximum atomic E-state index is 12.2. The molecule has 1 aliphatic heterocycles. The number of nitrogens with one attached hydrogen (secondary N) is 2. The van der Waals surface area contributed by atoms with Crippen LogP contribution in [-0.4, -0.2) is 39.8 Å². The molecule has 6 nitrogen and oxygen atoms in total. The van der Waals surface area contributed by atoms with Crippen molar-refractivity contribution in [3.63, 3.8) is 0 Å². The van der Waals surface area contributed by atoms with Gasteiger partial charge in [0.25, 0.3) is 0 Å². The molecule has 2 heterocycles. The van der Waals surface area contributed by atoms with Crippen molar-refractivity contribution in [2.24, 2.45) is 5.92 Å². The summed E-state index contributed by atoms with van der Waals surface area (Å²) < 4.78 is 0. The minimum Gasteiger partial charge on any atom is -0.355 e. The summed E-state index contributed by atoms with van der Waals surface area (Å²) in [6, 6.07) is 9.84. The second kappa shape index (κ2) is 7.09. The first kappa shape index (κ1) is 15.3. The third kappa shape index (κ3) is 3.97. The normalized spacial score (nSPS) is 17.5. The number of carbonyl (C=O) groups is 2. The van der Waals surface area contributed by atoms with E-state index in [9.17, 15) is 9.59 Å². The number of aromatic amines is 1. The second-order valence-electron chi connectivity index (χ2n) is 5.74. The van der Waals surface area contributed by atoms with E-state index in [1.807, 2.05) is 30.3 Å². The maximum absolute atomic E-state index is 12.2. The van der Waals surface area contributed by atoms with E-state index in [4.69, 9.17) is 0 Å². The average Bonchev–Trinajstić information content (AvgIpc) is 3.19. The molecule has 2 aromatic rings. The van der Waals surface area contributed by atoms with Gasteiger partial charge in [0.2, 0.25) is 11.8 Å². The minimum absolute atomic E-state index is 0.0417. The molecule has 23 heavy (non-hydrogen) atoms. The van der Waals surface area contributed by atoms with Gasteiger partial charge in [-0.25, -0.2) is 4.98 Å². The number of hydrogen-bond donors (Lipinski definition) is 2. The van der Waals surface area contributed by atoms with Gasteiger partial charge in [-0.3, -0.25) is 9.59 Å². The summed E-state index contributed by atoms with van der Waals surface area (Å²) >= 11 is 0. The van der Waals surface area contributed by atoms with Crippen LogP contribution in [0.1, 0.15) is 17.8 Å². The first-order chi connectivity index (χ1) is 11.2. The minimum atomic E-state index is -0.261. The molecule has 1 aromatic heterocycles. The van der Waals surface area contributed by atoms with Crippen LogP contribution in [0.5, 0.6) is 0 Å². The molecule has 1 aromatic carbocycles. The van der Waals surface area contributed by atoms with Crippen molar-refractivity contribution in [1.29, 1.82) is 0 Å². The number of aromatic nitrogens is 2. The van der Waals surface area contributed by atoms with Crippen molar-refractivity contribution in [3.05, 3.63) is 54.1 Å². The van der Waals surface area contributed by atoms with Gasteiger partial charge in [0.15, 0.2) is 0 Å². The standard InChI is InChI=1S/C17H20N4O2/c22-16-10-14(12-21(16)11-13-4-2-1-3-5-13)17(23)20-7-6-15-18-8-9-19-15/h1-5,8-9,14H,6-7,10-12H2,(H,18,19)(H,20,23). The zero-order valence-corrected chi connectivity index (χ0v) is 12.9. The first-order valence-corrected chi connectivity index (χ1v) is 7.80. The van der Waals surface area contributed by atoms with E-state index >= 15 is 0 Å². The summed E-state index contributed by atoms with van der Waals surface area (Å²) in [6.07, 6.45) is 4.40. The van der Waals surface area contributed by atoms with Crippen molar-refractivity contribution in [1.82, 2.24) is 20.2 Å². The van der Waals surface area contributed by atoms with Gasteiger partial charge in [0.1, 0.15) is 5.82 Å². The lowest BCUT2D eigenvalue weighted by Crippen LogP contribution is -2.34. The molecule has 2 N–H and O–H groups in total. The van der Waals surface area contributed by atoms with Crippen molar-refractivity contribution in [3.8, 4) is 0 Å². The van der Waals surface area contributed by atoms with Crippen molar-refractivity contribution < 1.29 is 9.59 Å². The van der Waals surface area contributed by atoms with Crippen LogP contribution in [0, 0.1) is 5.92 Å². The van der Waals surface area contributed by atoms with Gasteiger partial charge in [-0.15, -0.1) is 0 Å². The lowest BCUT2D eigenvalue weighted by atomic mass is 10.1. The highest BCUT2D eigenvalue weighted by Gasteiger charge is 2.33. The summed E-state index contributed by atoms with van der Waals surface area (Å²) in [6.45, 7) is 1.58. The van der Waals surface area contributed by atoms with E-state index < -0.39 is 0 Å². The molecule has 0 saturated carbocycles. The summed E-state index contributed by atoms with van der Waals surface area (Å²) in [5.41, 5.74) is 1.08. The number of imidazole rings is 1. The lowest BCUT2D eigenvalue weighted by molar-refractivity contribution is -0.129. The smallest absolute Gasteiger partial charge is 0.225 e. The molecule has 6 heteroatoms. The fraction of sp³-hybridized carbons (Fsp3) is 0.353. The molecule has 0 aliphatic carbocycles. The molecule has 0 radical (unpaired) electrons. The zero-order chi connectivity index (χ0) is 16.1. The molecule has 2 amide bonds. The summed E-state index contributed by atoms with van der Waals surface area (Å²) in [5.74, 6) is 0.571. The van der Waals surface area contributed by atoms with Crippen LogP contribution in [0.15, 0.2) is 42.7 Å². The third-order valence-electron chi connectivity index (χ3n) is 4.02. The van der Waals surface area contributed by atoms with Gasteiger partial charge in [-0.2, -0.15) is 0 Å². The number of rotatable bonds is 6. The topological polar surface area (TPSA) is 78.1 Å². The van der Waals surface area contributed by atoms with E-state index in [0.717, 1.165) is 11.4 Å². The van der Waals surface area contributed by atoms with Crippen LogP contribution >= 0.6 is 0 Å². The predicted octanol–water partition coefficient (Wildman–Crippen LogP) is 1.12. The number of nitrogens with zero attached hydrogens (tertiary/aromatic N) is 2. The number of amides is 2. The summed E-state index contributed by atoms with van der Waals surface area (Å²) in [7, 11) is 0. The van der Waals surface area contributed by atoms with Crippen molar-refractivity contribution in [2.75, 3.05) is 13.1 Å². The number of benzene rings is 1. The molecule has 1 fully saturated rings. The van der Waals surface area contributed by atoms with E-state index in [1.54, 1.807) is 17.3 Å². The Morgan fingerprint density at radius 3 is 2.91 bits per heavy atom. The number of carbonyl (C=O) groups excluding carboxylic acids is 2. The predicted molar refractivity (Wildman–Crippen MR) is 85.3 cm³/mol. The lowest BCUT2D eigenvalue weighted by Gasteiger charge is -2.16. The van der Waals surface area contributed by atoms with E-state index in [0.29, 0.717) is 32.5 Å². The number of hydrogen-bond acceptors (Lipinski definition) is 3. The molecule has 1 saturated heterocycles. The molecular formula is C17H20N4O2. The molecule has 120 valence electrons. The van der Waals surface area contributed by atoms with Crippen LogP contribution in [0.3, 0.4) is 0 Å². The highest BCUT2D eigenvalue weighted by atomic mass is 16.2. The largest absolute Gasteiger partial charge is 0.355 e. The third-order valence-corrected chi connectivity index (χ3v) is 4.02. The molecule has 0 bridgehead atoms. The molecule has 1 unspecified atom stereocenters. The second-order valence-corrected chi connectivity index (χ2v) is 5.74. The van der Waals surface area contributed by atoms with Gasteiger partial charge in [-0.05, 0) is 5.56 Å².